The van der Waals surface area contributed by atoms with Gasteiger partial charge >= 0.3 is 0 Å². The molecule has 0 bridgehead atoms. The Morgan fingerprint density at radius 2 is 1.50 bits per heavy atom. The van der Waals surface area contributed by atoms with E-state index in [2.05, 4.69) is 10.3 Å². The largest absolute Gasteiger partial charge is 0.457 e. The minimum absolute atomic E-state index is 0.223. The fraction of sp³-hybridized carbons (Fsp3) is 0.0800. The molecule has 0 saturated heterocycles. The zero-order valence-corrected chi connectivity index (χ0v) is 17.4. The molecule has 3 N–H and O–H groups in total. The highest BCUT2D eigenvalue weighted by molar-refractivity contribution is 5.95. The van der Waals surface area contributed by atoms with E-state index in [-0.39, 0.29) is 11.9 Å². The first-order valence-corrected chi connectivity index (χ1v) is 10.0. The molecule has 3 aromatic carbocycles. The normalized spacial score (nSPS) is 11.5. The topological polar surface area (TPSA) is 99.2 Å². The number of carbonyl (C=O) groups excluding carboxylic acids is 2. The lowest BCUT2D eigenvalue weighted by Crippen LogP contribution is -2.31. The molecule has 0 aliphatic rings. The molecule has 7 nitrogen and oxygen atoms in total. The van der Waals surface area contributed by atoms with E-state index < -0.39 is 5.91 Å². The molecule has 1 unspecified atom stereocenters. The zero-order chi connectivity index (χ0) is 22.5. The SMILES string of the molecule is Cn1ccnc1C(NC(=O)c1ccc(Oc2ccc(C(N)=O)cc2)cc1)c1ccccc1. The van der Waals surface area contributed by atoms with Crippen LogP contribution >= 0.6 is 0 Å². The molecule has 4 rings (SSSR count). The van der Waals surface area contributed by atoms with Gasteiger partial charge in [0.25, 0.3) is 5.91 Å². The molecule has 160 valence electrons. The summed E-state index contributed by atoms with van der Waals surface area (Å²) in [5.74, 6) is 1.15. The van der Waals surface area contributed by atoms with E-state index in [4.69, 9.17) is 10.5 Å². The molecule has 0 spiro atoms. The molecule has 1 heterocycles. The van der Waals surface area contributed by atoms with Gasteiger partial charge in [-0.1, -0.05) is 30.3 Å². The molecular weight excluding hydrogens is 404 g/mol. The third kappa shape index (κ3) is 4.67. The summed E-state index contributed by atoms with van der Waals surface area (Å²) in [6.07, 6.45) is 3.55. The van der Waals surface area contributed by atoms with Crippen LogP contribution in [0.4, 0.5) is 0 Å². The molecule has 0 aliphatic heterocycles. The number of aromatic nitrogens is 2. The summed E-state index contributed by atoms with van der Waals surface area (Å²) < 4.78 is 7.66. The van der Waals surface area contributed by atoms with E-state index in [1.807, 2.05) is 48.1 Å². The fourth-order valence-corrected chi connectivity index (χ4v) is 3.31. The molecule has 1 atom stereocenters. The van der Waals surface area contributed by atoms with E-state index in [0.29, 0.717) is 22.6 Å². The summed E-state index contributed by atoms with van der Waals surface area (Å²) in [6.45, 7) is 0. The van der Waals surface area contributed by atoms with Crippen LogP contribution < -0.4 is 15.8 Å². The van der Waals surface area contributed by atoms with Crippen LogP contribution in [0.2, 0.25) is 0 Å². The molecule has 1 aromatic heterocycles. The monoisotopic (exact) mass is 426 g/mol. The minimum Gasteiger partial charge on any atom is -0.457 e. The Hall–Kier alpha value is -4.39. The summed E-state index contributed by atoms with van der Waals surface area (Å²) in [7, 11) is 1.90. The number of carbonyl (C=O) groups is 2. The van der Waals surface area contributed by atoms with Gasteiger partial charge < -0.3 is 20.4 Å². The van der Waals surface area contributed by atoms with Crippen molar-refractivity contribution in [2.24, 2.45) is 12.8 Å². The predicted octanol–water partition coefficient (Wildman–Crippen LogP) is 3.83. The van der Waals surface area contributed by atoms with Crippen LogP contribution in [0.3, 0.4) is 0 Å². The van der Waals surface area contributed by atoms with Crippen molar-refractivity contribution in [1.82, 2.24) is 14.9 Å². The van der Waals surface area contributed by atoms with Gasteiger partial charge in [-0.15, -0.1) is 0 Å². The van der Waals surface area contributed by atoms with Crippen molar-refractivity contribution in [3.05, 3.63) is 114 Å². The molecular formula is C25H22N4O3. The lowest BCUT2D eigenvalue weighted by molar-refractivity contribution is 0.0940. The highest BCUT2D eigenvalue weighted by Gasteiger charge is 2.21. The molecule has 0 aliphatic carbocycles. The quantitative estimate of drug-likeness (QED) is 0.469. The first kappa shape index (κ1) is 20.9. The number of nitrogens with two attached hydrogens (primary N) is 1. The Bertz CT molecular complexity index is 1220. The van der Waals surface area contributed by atoms with Gasteiger partial charge in [0.2, 0.25) is 5.91 Å². The Labute approximate surface area is 185 Å². The Morgan fingerprint density at radius 3 is 2.03 bits per heavy atom. The number of aryl methyl sites for hydroxylation is 1. The Morgan fingerprint density at radius 1 is 0.906 bits per heavy atom. The smallest absolute Gasteiger partial charge is 0.252 e. The third-order valence-corrected chi connectivity index (χ3v) is 5.02. The molecule has 0 saturated carbocycles. The summed E-state index contributed by atoms with van der Waals surface area (Å²) in [5, 5.41) is 3.07. The fourth-order valence-electron chi connectivity index (χ4n) is 3.31. The molecule has 2 amide bonds. The van der Waals surface area contributed by atoms with Gasteiger partial charge in [0.1, 0.15) is 23.4 Å². The highest BCUT2D eigenvalue weighted by Crippen LogP contribution is 2.24. The van der Waals surface area contributed by atoms with Gasteiger partial charge in [0.15, 0.2) is 0 Å². The first-order valence-electron chi connectivity index (χ1n) is 10.0. The maximum absolute atomic E-state index is 13.0. The second kappa shape index (κ2) is 9.18. The summed E-state index contributed by atoms with van der Waals surface area (Å²) >= 11 is 0. The average molecular weight is 426 g/mol. The lowest BCUT2D eigenvalue weighted by atomic mass is 10.1. The van der Waals surface area contributed by atoms with Crippen LogP contribution in [0.1, 0.15) is 38.1 Å². The van der Waals surface area contributed by atoms with Crippen LogP contribution in [0.25, 0.3) is 0 Å². The van der Waals surface area contributed by atoms with Crippen LogP contribution in [0, 0.1) is 0 Å². The number of amides is 2. The number of primary amides is 1. The standard InChI is InChI=1S/C25H22N4O3/c1-29-16-15-27-24(29)22(17-5-3-2-4-6-17)28-25(31)19-9-13-21(14-10-19)32-20-11-7-18(8-12-20)23(26)30/h2-16,22H,1H3,(H2,26,30)(H,28,31). The predicted molar refractivity (Wildman–Crippen MR) is 120 cm³/mol. The van der Waals surface area contributed by atoms with E-state index in [1.165, 1.54) is 0 Å². The van der Waals surface area contributed by atoms with Gasteiger partial charge in [-0.25, -0.2) is 4.98 Å². The Kier molecular flexibility index (Phi) is 5.98. The lowest BCUT2D eigenvalue weighted by Gasteiger charge is -2.19. The first-order chi connectivity index (χ1) is 15.5. The second-order valence-corrected chi connectivity index (χ2v) is 7.23. The van der Waals surface area contributed by atoms with E-state index >= 15 is 0 Å². The number of hydrogen-bond donors (Lipinski definition) is 2. The van der Waals surface area contributed by atoms with Crippen molar-refractivity contribution in [3.63, 3.8) is 0 Å². The van der Waals surface area contributed by atoms with Crippen molar-refractivity contribution in [2.45, 2.75) is 6.04 Å². The second-order valence-electron chi connectivity index (χ2n) is 7.23. The molecule has 0 radical (unpaired) electrons. The molecule has 4 aromatic rings. The van der Waals surface area contributed by atoms with Crippen molar-refractivity contribution in [3.8, 4) is 11.5 Å². The van der Waals surface area contributed by atoms with Gasteiger partial charge in [-0.05, 0) is 54.1 Å². The number of rotatable bonds is 7. The van der Waals surface area contributed by atoms with Gasteiger partial charge in [0.05, 0.1) is 0 Å². The summed E-state index contributed by atoms with van der Waals surface area (Å²) in [6, 6.07) is 22.7. The van der Waals surface area contributed by atoms with E-state index in [0.717, 1.165) is 11.4 Å². The summed E-state index contributed by atoms with van der Waals surface area (Å²) in [5.41, 5.74) is 7.09. The van der Waals surface area contributed by atoms with Crippen LogP contribution in [-0.2, 0) is 7.05 Å². The molecule has 32 heavy (non-hydrogen) atoms. The number of imidazole rings is 1. The summed E-state index contributed by atoms with van der Waals surface area (Å²) in [4.78, 5) is 28.6. The number of nitrogens with one attached hydrogen (secondary N) is 1. The number of hydrogen-bond acceptors (Lipinski definition) is 4. The third-order valence-electron chi connectivity index (χ3n) is 5.02. The average Bonchev–Trinajstić information content (AvgIpc) is 3.24. The molecule has 7 heteroatoms. The maximum Gasteiger partial charge on any atom is 0.252 e. The number of nitrogens with zero attached hydrogens (tertiary/aromatic N) is 2. The van der Waals surface area contributed by atoms with Gasteiger partial charge in [-0.2, -0.15) is 0 Å². The minimum atomic E-state index is -0.494. The van der Waals surface area contributed by atoms with Gasteiger partial charge in [0, 0.05) is 30.6 Å². The van der Waals surface area contributed by atoms with Crippen LogP contribution in [-0.4, -0.2) is 21.4 Å². The zero-order valence-electron chi connectivity index (χ0n) is 17.4. The van der Waals surface area contributed by atoms with E-state index in [1.54, 1.807) is 54.7 Å². The van der Waals surface area contributed by atoms with Crippen molar-refractivity contribution in [1.29, 1.82) is 0 Å². The van der Waals surface area contributed by atoms with Gasteiger partial charge in [-0.3, -0.25) is 9.59 Å². The number of ether oxygens (including phenoxy) is 1. The van der Waals surface area contributed by atoms with Crippen molar-refractivity contribution >= 4 is 11.8 Å². The maximum atomic E-state index is 13.0. The number of benzene rings is 3. The Balaban J connectivity index is 1.49. The molecule has 0 fully saturated rings. The highest BCUT2D eigenvalue weighted by atomic mass is 16.5. The van der Waals surface area contributed by atoms with Crippen LogP contribution in [0.15, 0.2) is 91.3 Å². The van der Waals surface area contributed by atoms with Crippen molar-refractivity contribution in [2.75, 3.05) is 0 Å². The van der Waals surface area contributed by atoms with Crippen LogP contribution in [0.5, 0.6) is 11.5 Å². The van der Waals surface area contributed by atoms with Crippen molar-refractivity contribution < 1.29 is 14.3 Å². The van der Waals surface area contributed by atoms with E-state index in [9.17, 15) is 9.59 Å².